The van der Waals surface area contributed by atoms with Crippen molar-refractivity contribution in [3.8, 4) is 0 Å². The van der Waals surface area contributed by atoms with Crippen molar-refractivity contribution in [2.24, 2.45) is 0 Å². The average Bonchev–Trinajstić information content (AvgIpc) is 2.92. The summed E-state index contributed by atoms with van der Waals surface area (Å²) >= 11 is 0. The highest BCUT2D eigenvalue weighted by atomic mass is 16.1. The molecule has 94 valence electrons. The Hall–Kier alpha value is -2.37. The Morgan fingerprint density at radius 1 is 1.44 bits per heavy atom. The van der Waals surface area contributed by atoms with Crippen LogP contribution < -0.4 is 10.6 Å². The van der Waals surface area contributed by atoms with Gasteiger partial charge in [-0.15, -0.1) is 0 Å². The Labute approximate surface area is 105 Å². The first-order valence-corrected chi connectivity index (χ1v) is 5.69. The fourth-order valence-corrected chi connectivity index (χ4v) is 1.49. The summed E-state index contributed by atoms with van der Waals surface area (Å²) in [7, 11) is 1.78. The number of anilines is 1. The predicted molar refractivity (Wildman–Crippen MR) is 68.3 cm³/mol. The number of carbonyl (C=O) groups is 1. The van der Waals surface area contributed by atoms with Crippen LogP contribution in [-0.4, -0.2) is 34.3 Å². The van der Waals surface area contributed by atoms with Gasteiger partial charge in [0.25, 0.3) is 5.91 Å². The molecule has 0 aromatic carbocycles. The molecule has 0 atom stereocenters. The van der Waals surface area contributed by atoms with E-state index in [1.165, 1.54) is 0 Å². The van der Waals surface area contributed by atoms with Gasteiger partial charge in [0.05, 0.1) is 12.1 Å². The molecule has 2 heterocycles. The quantitative estimate of drug-likeness (QED) is 0.815. The summed E-state index contributed by atoms with van der Waals surface area (Å²) < 4.78 is 1.77. The molecule has 0 aliphatic heterocycles. The van der Waals surface area contributed by atoms with Crippen molar-refractivity contribution in [3.05, 3.63) is 42.4 Å². The summed E-state index contributed by atoms with van der Waals surface area (Å²) in [6.45, 7) is 1.19. The van der Waals surface area contributed by atoms with Crippen LogP contribution in [0.5, 0.6) is 0 Å². The third-order valence-corrected chi connectivity index (χ3v) is 2.47. The fourth-order valence-electron chi connectivity index (χ4n) is 1.49. The zero-order valence-electron chi connectivity index (χ0n) is 10.1. The molecule has 2 aromatic rings. The zero-order chi connectivity index (χ0) is 12.8. The Bertz CT molecular complexity index is 492. The van der Waals surface area contributed by atoms with Crippen LogP contribution in [0, 0.1) is 0 Å². The van der Waals surface area contributed by atoms with Crippen molar-refractivity contribution < 1.29 is 4.79 Å². The minimum atomic E-state index is -0.127. The van der Waals surface area contributed by atoms with Gasteiger partial charge in [-0.2, -0.15) is 5.10 Å². The molecule has 0 bridgehead atoms. The largest absolute Gasteiger partial charge is 0.373 e. The average molecular weight is 245 g/mol. The van der Waals surface area contributed by atoms with Gasteiger partial charge in [0.2, 0.25) is 0 Å². The molecule has 6 heteroatoms. The summed E-state index contributed by atoms with van der Waals surface area (Å²) in [6.07, 6.45) is 5.12. The summed E-state index contributed by atoms with van der Waals surface area (Å²) in [5.41, 5.74) is 0.550. The van der Waals surface area contributed by atoms with Crippen molar-refractivity contribution in [2.45, 2.75) is 6.54 Å². The molecule has 0 saturated heterocycles. The molecule has 2 N–H and O–H groups in total. The second-order valence-electron chi connectivity index (χ2n) is 3.71. The van der Waals surface area contributed by atoms with Crippen LogP contribution in [0.4, 0.5) is 5.82 Å². The Morgan fingerprint density at radius 2 is 2.33 bits per heavy atom. The SMILES string of the molecule is CNc1ccc(C(=O)NCCn2cccn2)cn1. The molecular formula is C12H15N5O. The van der Waals surface area contributed by atoms with Gasteiger partial charge in [-0.3, -0.25) is 9.48 Å². The lowest BCUT2D eigenvalue weighted by Crippen LogP contribution is -2.27. The smallest absolute Gasteiger partial charge is 0.252 e. The molecular weight excluding hydrogens is 230 g/mol. The van der Waals surface area contributed by atoms with Crippen molar-refractivity contribution in [1.82, 2.24) is 20.1 Å². The molecule has 0 aliphatic carbocycles. The summed E-state index contributed by atoms with van der Waals surface area (Å²) in [6, 6.07) is 5.35. The molecule has 0 aliphatic rings. The van der Waals surface area contributed by atoms with E-state index in [-0.39, 0.29) is 5.91 Å². The lowest BCUT2D eigenvalue weighted by atomic mass is 10.2. The van der Waals surface area contributed by atoms with Gasteiger partial charge in [0.15, 0.2) is 0 Å². The van der Waals surface area contributed by atoms with E-state index in [9.17, 15) is 4.79 Å². The lowest BCUT2D eigenvalue weighted by molar-refractivity contribution is 0.0951. The van der Waals surface area contributed by atoms with E-state index in [4.69, 9.17) is 0 Å². The molecule has 1 amide bonds. The van der Waals surface area contributed by atoms with Gasteiger partial charge in [-0.05, 0) is 18.2 Å². The third kappa shape index (κ3) is 3.07. The maximum atomic E-state index is 11.8. The van der Waals surface area contributed by atoms with Crippen molar-refractivity contribution in [3.63, 3.8) is 0 Å². The number of hydrogen-bond donors (Lipinski definition) is 2. The van der Waals surface area contributed by atoms with E-state index in [2.05, 4.69) is 20.7 Å². The summed E-state index contributed by atoms with van der Waals surface area (Å²) in [5, 5.41) is 9.77. The fraction of sp³-hybridized carbons (Fsp3) is 0.250. The van der Waals surface area contributed by atoms with Crippen LogP contribution >= 0.6 is 0 Å². The van der Waals surface area contributed by atoms with Gasteiger partial charge < -0.3 is 10.6 Å². The van der Waals surface area contributed by atoms with Gasteiger partial charge >= 0.3 is 0 Å². The van der Waals surface area contributed by atoms with Crippen molar-refractivity contribution in [1.29, 1.82) is 0 Å². The molecule has 6 nitrogen and oxygen atoms in total. The number of aromatic nitrogens is 3. The molecule has 2 aromatic heterocycles. The van der Waals surface area contributed by atoms with Crippen LogP contribution in [0.25, 0.3) is 0 Å². The van der Waals surface area contributed by atoms with Gasteiger partial charge in [0, 0.05) is 32.2 Å². The normalized spacial score (nSPS) is 10.1. The van der Waals surface area contributed by atoms with Crippen LogP contribution in [0.3, 0.4) is 0 Å². The van der Waals surface area contributed by atoms with E-state index in [0.717, 1.165) is 5.82 Å². The number of nitrogens with one attached hydrogen (secondary N) is 2. The van der Waals surface area contributed by atoms with E-state index in [1.54, 1.807) is 36.3 Å². The maximum absolute atomic E-state index is 11.8. The highest BCUT2D eigenvalue weighted by Gasteiger charge is 2.05. The molecule has 0 fully saturated rings. The number of nitrogens with zero attached hydrogens (tertiary/aromatic N) is 3. The highest BCUT2D eigenvalue weighted by Crippen LogP contribution is 2.03. The first-order valence-electron chi connectivity index (χ1n) is 5.69. The zero-order valence-corrected chi connectivity index (χ0v) is 10.1. The summed E-state index contributed by atoms with van der Waals surface area (Å²) in [4.78, 5) is 15.9. The van der Waals surface area contributed by atoms with Gasteiger partial charge in [-0.25, -0.2) is 4.98 Å². The van der Waals surface area contributed by atoms with E-state index < -0.39 is 0 Å². The maximum Gasteiger partial charge on any atom is 0.252 e. The van der Waals surface area contributed by atoms with Crippen LogP contribution in [0.1, 0.15) is 10.4 Å². The molecule has 0 spiro atoms. The van der Waals surface area contributed by atoms with E-state index in [1.807, 2.05) is 12.3 Å². The van der Waals surface area contributed by atoms with E-state index >= 15 is 0 Å². The lowest BCUT2D eigenvalue weighted by Gasteiger charge is -2.06. The van der Waals surface area contributed by atoms with Crippen LogP contribution in [-0.2, 0) is 6.54 Å². The van der Waals surface area contributed by atoms with Crippen LogP contribution in [0.15, 0.2) is 36.8 Å². The first kappa shape index (κ1) is 12.1. The van der Waals surface area contributed by atoms with Gasteiger partial charge in [0.1, 0.15) is 5.82 Å². The summed E-state index contributed by atoms with van der Waals surface area (Å²) in [5.74, 6) is 0.611. The Morgan fingerprint density at radius 3 is 2.94 bits per heavy atom. The van der Waals surface area contributed by atoms with E-state index in [0.29, 0.717) is 18.7 Å². The predicted octanol–water partition coefficient (Wildman–Crippen LogP) is 0.750. The third-order valence-electron chi connectivity index (χ3n) is 2.47. The van der Waals surface area contributed by atoms with Crippen molar-refractivity contribution in [2.75, 3.05) is 18.9 Å². The number of amides is 1. The monoisotopic (exact) mass is 245 g/mol. The number of hydrogen-bond acceptors (Lipinski definition) is 4. The van der Waals surface area contributed by atoms with Crippen molar-refractivity contribution >= 4 is 11.7 Å². The van der Waals surface area contributed by atoms with Crippen LogP contribution in [0.2, 0.25) is 0 Å². The number of carbonyl (C=O) groups excluding carboxylic acids is 1. The molecule has 18 heavy (non-hydrogen) atoms. The Balaban J connectivity index is 1.83. The minimum Gasteiger partial charge on any atom is -0.373 e. The molecule has 2 rings (SSSR count). The number of rotatable bonds is 5. The number of pyridine rings is 1. The minimum absolute atomic E-state index is 0.127. The second-order valence-corrected chi connectivity index (χ2v) is 3.71. The topological polar surface area (TPSA) is 71.8 Å². The molecule has 0 saturated carbocycles. The Kier molecular flexibility index (Phi) is 3.90. The first-order chi connectivity index (χ1) is 8.79. The standard InChI is InChI=1S/C12H15N5O/c1-13-11-4-3-10(9-15-11)12(18)14-6-8-17-7-2-5-16-17/h2-5,7,9H,6,8H2,1H3,(H,13,15)(H,14,18). The highest BCUT2D eigenvalue weighted by molar-refractivity contribution is 5.93. The second kappa shape index (κ2) is 5.81. The molecule has 0 unspecified atom stereocenters. The van der Waals surface area contributed by atoms with Gasteiger partial charge in [-0.1, -0.05) is 0 Å². The molecule has 0 radical (unpaired) electrons.